The van der Waals surface area contributed by atoms with Crippen LogP contribution in [0.4, 0.5) is 0 Å². The zero-order chi connectivity index (χ0) is 4.41. The van der Waals surface area contributed by atoms with Gasteiger partial charge in [0.05, 0.1) is 4.95 Å². The molecule has 1 rings (SSSR count). The van der Waals surface area contributed by atoms with Gasteiger partial charge in [0.15, 0.2) is 0 Å². The Kier molecular flexibility index (Phi) is 1.48. The third-order valence-corrected chi connectivity index (χ3v) is 1.55. The van der Waals surface area contributed by atoms with Crippen molar-refractivity contribution >= 4 is 15.9 Å². The third-order valence-electron chi connectivity index (χ3n) is 0.857. The van der Waals surface area contributed by atoms with Crippen molar-refractivity contribution < 1.29 is 0 Å². The van der Waals surface area contributed by atoms with Crippen molar-refractivity contribution in [1.29, 1.82) is 0 Å². The Labute approximate surface area is 46.2 Å². The van der Waals surface area contributed by atoms with Gasteiger partial charge in [-0.15, -0.1) is 0 Å². The lowest BCUT2D eigenvalue weighted by Crippen LogP contribution is -2.12. The lowest BCUT2D eigenvalue weighted by atomic mass is 10.4. The van der Waals surface area contributed by atoms with Gasteiger partial charge in [-0.1, -0.05) is 15.9 Å². The first-order chi connectivity index (χ1) is 2.89. The van der Waals surface area contributed by atoms with E-state index in [1.807, 2.05) is 0 Å². The first-order valence-electron chi connectivity index (χ1n) is 2.09. The monoisotopic (exact) mass is 148 g/mol. The smallest absolute Gasteiger partial charge is 0.0633 e. The highest BCUT2D eigenvalue weighted by molar-refractivity contribution is 9.09. The van der Waals surface area contributed by atoms with Crippen LogP contribution in [0.15, 0.2) is 0 Å². The average molecular weight is 149 g/mol. The first kappa shape index (κ1) is 4.60. The second-order valence-corrected chi connectivity index (χ2v) is 2.51. The van der Waals surface area contributed by atoms with Crippen LogP contribution in [-0.4, -0.2) is 11.5 Å². The highest BCUT2D eigenvalue weighted by Crippen LogP contribution is 2.08. The molecule has 0 bridgehead atoms. The number of hydrogen-bond acceptors (Lipinski definition) is 1. The normalized spacial score (nSPS) is 34.5. The molecule has 1 aliphatic heterocycles. The Balaban J connectivity index is 2.18. The molecule has 1 unspecified atom stereocenters. The fourth-order valence-electron chi connectivity index (χ4n) is 0.524. The van der Waals surface area contributed by atoms with Gasteiger partial charge < -0.3 is 5.32 Å². The van der Waals surface area contributed by atoms with E-state index in [0.717, 1.165) is 6.54 Å². The number of halogens is 1. The van der Waals surface area contributed by atoms with Gasteiger partial charge in [0.1, 0.15) is 0 Å². The highest BCUT2D eigenvalue weighted by Gasteiger charge is 2.07. The molecule has 2 heteroatoms. The predicted octanol–water partition coefficient (Wildman–Crippen LogP) is 0.905. The van der Waals surface area contributed by atoms with Gasteiger partial charge in [-0.05, 0) is 19.4 Å². The zero-order valence-corrected chi connectivity index (χ0v) is 5.03. The molecule has 1 heterocycles. The van der Waals surface area contributed by atoms with E-state index >= 15 is 0 Å². The minimum atomic E-state index is 0.553. The summed E-state index contributed by atoms with van der Waals surface area (Å²) in [6.07, 6.45) is 3.39. The van der Waals surface area contributed by atoms with Crippen LogP contribution in [0.2, 0.25) is 0 Å². The summed E-state index contributed by atoms with van der Waals surface area (Å²) in [7, 11) is 0. The van der Waals surface area contributed by atoms with Crippen molar-refractivity contribution in [3.05, 3.63) is 6.42 Å². The summed E-state index contributed by atoms with van der Waals surface area (Å²) in [5, 5.41) is 3.18. The molecular formula is C4H7BrN. The van der Waals surface area contributed by atoms with Crippen molar-refractivity contribution in [3.8, 4) is 0 Å². The minimum Gasteiger partial charge on any atom is -0.305 e. The van der Waals surface area contributed by atoms with Crippen LogP contribution < -0.4 is 5.32 Å². The lowest BCUT2D eigenvalue weighted by molar-refractivity contribution is 0.820. The summed E-state index contributed by atoms with van der Waals surface area (Å²) < 4.78 is 0. The number of hydrogen-bond donors (Lipinski definition) is 1. The fourth-order valence-corrected chi connectivity index (χ4v) is 0.975. The van der Waals surface area contributed by atoms with Crippen LogP contribution in [0.3, 0.4) is 0 Å². The van der Waals surface area contributed by atoms with Crippen LogP contribution in [0.1, 0.15) is 6.42 Å². The SMILES string of the molecule is BrC1C[CH]CN1. The number of nitrogens with one attached hydrogen (secondary N) is 1. The second-order valence-electron chi connectivity index (χ2n) is 1.40. The molecule has 1 saturated heterocycles. The van der Waals surface area contributed by atoms with Crippen LogP contribution in [0, 0.1) is 6.42 Å². The molecule has 1 atom stereocenters. The second kappa shape index (κ2) is 1.94. The maximum Gasteiger partial charge on any atom is 0.0633 e. The van der Waals surface area contributed by atoms with Crippen molar-refractivity contribution in [2.45, 2.75) is 11.4 Å². The van der Waals surface area contributed by atoms with E-state index in [1.54, 1.807) is 0 Å². The van der Waals surface area contributed by atoms with Crippen LogP contribution in [-0.2, 0) is 0 Å². The van der Waals surface area contributed by atoms with Gasteiger partial charge >= 0.3 is 0 Å². The molecule has 1 N–H and O–H groups in total. The largest absolute Gasteiger partial charge is 0.305 e. The summed E-state index contributed by atoms with van der Waals surface area (Å²) in [6.45, 7) is 1.07. The summed E-state index contributed by atoms with van der Waals surface area (Å²) in [5.41, 5.74) is 0. The minimum absolute atomic E-state index is 0.553. The van der Waals surface area contributed by atoms with E-state index in [2.05, 4.69) is 27.7 Å². The van der Waals surface area contributed by atoms with E-state index in [9.17, 15) is 0 Å². The van der Waals surface area contributed by atoms with Gasteiger partial charge in [-0.2, -0.15) is 0 Å². The number of rotatable bonds is 0. The molecule has 0 aromatic heterocycles. The average Bonchev–Trinajstić information content (AvgIpc) is 1.86. The summed E-state index contributed by atoms with van der Waals surface area (Å²) >= 11 is 3.40. The van der Waals surface area contributed by atoms with Crippen LogP contribution in [0.25, 0.3) is 0 Å². The van der Waals surface area contributed by atoms with Gasteiger partial charge in [0.25, 0.3) is 0 Å². The molecule has 0 amide bonds. The first-order valence-corrected chi connectivity index (χ1v) is 3.00. The Hall–Kier alpha value is 0.440. The van der Waals surface area contributed by atoms with Crippen molar-refractivity contribution in [1.82, 2.24) is 5.32 Å². The fraction of sp³-hybridized carbons (Fsp3) is 0.750. The molecule has 6 heavy (non-hydrogen) atoms. The van der Waals surface area contributed by atoms with E-state index < -0.39 is 0 Å². The lowest BCUT2D eigenvalue weighted by Gasteiger charge is -1.92. The topological polar surface area (TPSA) is 12.0 Å². The molecule has 35 valence electrons. The van der Waals surface area contributed by atoms with Crippen molar-refractivity contribution in [3.63, 3.8) is 0 Å². The predicted molar refractivity (Wildman–Crippen MR) is 29.6 cm³/mol. The maximum atomic E-state index is 3.40. The van der Waals surface area contributed by atoms with Gasteiger partial charge in [-0.3, -0.25) is 0 Å². The molecular weight excluding hydrogens is 142 g/mol. The van der Waals surface area contributed by atoms with Gasteiger partial charge in [0, 0.05) is 0 Å². The third kappa shape index (κ3) is 0.949. The van der Waals surface area contributed by atoms with Gasteiger partial charge in [-0.25, -0.2) is 0 Å². The van der Waals surface area contributed by atoms with E-state index in [1.165, 1.54) is 6.42 Å². The summed E-state index contributed by atoms with van der Waals surface area (Å²) in [5.74, 6) is 0. The molecule has 0 saturated carbocycles. The molecule has 0 aromatic rings. The molecule has 1 fully saturated rings. The molecule has 0 aromatic carbocycles. The highest BCUT2D eigenvalue weighted by atomic mass is 79.9. The van der Waals surface area contributed by atoms with Crippen molar-refractivity contribution in [2.75, 3.05) is 6.54 Å². The quantitative estimate of drug-likeness (QED) is 0.398. The van der Waals surface area contributed by atoms with Crippen molar-refractivity contribution in [2.24, 2.45) is 0 Å². The van der Waals surface area contributed by atoms with Crippen LogP contribution >= 0.6 is 15.9 Å². The Morgan fingerprint density at radius 2 is 2.67 bits per heavy atom. The zero-order valence-electron chi connectivity index (χ0n) is 3.45. The molecule has 0 spiro atoms. The number of alkyl halides is 1. The van der Waals surface area contributed by atoms with Gasteiger partial charge in [0.2, 0.25) is 0 Å². The molecule has 1 radical (unpaired) electrons. The maximum absolute atomic E-state index is 3.40. The Bertz CT molecular complexity index is 40.8. The summed E-state index contributed by atoms with van der Waals surface area (Å²) in [6, 6.07) is 0. The summed E-state index contributed by atoms with van der Waals surface area (Å²) in [4.78, 5) is 0.553. The van der Waals surface area contributed by atoms with E-state index in [0.29, 0.717) is 4.95 Å². The standard InChI is InChI=1S/C4H7BrN/c5-4-2-1-3-6-4/h1,4,6H,2-3H2. The molecule has 1 aliphatic rings. The van der Waals surface area contributed by atoms with E-state index in [-0.39, 0.29) is 0 Å². The van der Waals surface area contributed by atoms with E-state index in [4.69, 9.17) is 0 Å². The Morgan fingerprint density at radius 1 is 1.83 bits per heavy atom. The Morgan fingerprint density at radius 3 is 2.83 bits per heavy atom. The molecule has 1 nitrogen and oxygen atoms in total. The molecule has 0 aliphatic carbocycles. The van der Waals surface area contributed by atoms with Crippen LogP contribution in [0.5, 0.6) is 0 Å².